The van der Waals surface area contributed by atoms with E-state index < -0.39 is 11.7 Å². The fraction of sp³-hybridized carbons (Fsp3) is 0.294. The summed E-state index contributed by atoms with van der Waals surface area (Å²) in [6, 6.07) is 13.4. The fourth-order valence-corrected chi connectivity index (χ4v) is 3.10. The Labute approximate surface area is 122 Å². The summed E-state index contributed by atoms with van der Waals surface area (Å²) in [5, 5.41) is 11.0. The predicted octanol–water partition coefficient (Wildman–Crippen LogP) is 2.49. The number of hydrogen-bond acceptors (Lipinski definition) is 4. The van der Waals surface area contributed by atoms with Crippen molar-refractivity contribution in [1.82, 2.24) is 0 Å². The standard InChI is InChI=1S/C17H16O4/c1-19-12-6-7-15-13(8-12)16-17(18,10-20-15)9-11-4-2-3-5-14(11)21-16/h2-8,16,18H,9-10H2,1H3/t16-,17+/m0/s1. The molecule has 108 valence electrons. The van der Waals surface area contributed by atoms with Crippen LogP contribution in [0, 0.1) is 0 Å². The largest absolute Gasteiger partial charge is 0.497 e. The van der Waals surface area contributed by atoms with Gasteiger partial charge in [-0.1, -0.05) is 18.2 Å². The Morgan fingerprint density at radius 1 is 1.19 bits per heavy atom. The fourth-order valence-electron chi connectivity index (χ4n) is 3.10. The molecular weight excluding hydrogens is 268 g/mol. The zero-order valence-corrected chi connectivity index (χ0v) is 11.7. The Kier molecular flexibility index (Phi) is 2.62. The van der Waals surface area contributed by atoms with Gasteiger partial charge in [-0.3, -0.25) is 0 Å². The van der Waals surface area contributed by atoms with Crippen LogP contribution in [-0.2, 0) is 6.42 Å². The number of fused-ring (bicyclic) bond motifs is 4. The van der Waals surface area contributed by atoms with Crippen LogP contribution in [0.4, 0.5) is 0 Å². The summed E-state index contributed by atoms with van der Waals surface area (Å²) in [4.78, 5) is 0. The average Bonchev–Trinajstić information content (AvgIpc) is 2.52. The lowest BCUT2D eigenvalue weighted by Crippen LogP contribution is -2.51. The van der Waals surface area contributed by atoms with Crippen molar-refractivity contribution in [2.24, 2.45) is 0 Å². The van der Waals surface area contributed by atoms with E-state index in [4.69, 9.17) is 14.2 Å². The molecule has 0 unspecified atom stereocenters. The Hall–Kier alpha value is -2.20. The number of para-hydroxylation sites is 1. The van der Waals surface area contributed by atoms with Crippen molar-refractivity contribution >= 4 is 0 Å². The van der Waals surface area contributed by atoms with Crippen LogP contribution in [0.2, 0.25) is 0 Å². The lowest BCUT2D eigenvalue weighted by molar-refractivity contribution is -0.113. The van der Waals surface area contributed by atoms with Gasteiger partial charge in [-0.2, -0.15) is 0 Å². The van der Waals surface area contributed by atoms with Crippen LogP contribution in [0.15, 0.2) is 42.5 Å². The van der Waals surface area contributed by atoms with E-state index in [9.17, 15) is 5.11 Å². The SMILES string of the molecule is COc1ccc2c(c1)[C@@H]1Oc3ccccc3C[C@@]1(O)CO2. The lowest BCUT2D eigenvalue weighted by Gasteiger charge is -2.44. The molecule has 0 bridgehead atoms. The van der Waals surface area contributed by atoms with Gasteiger partial charge in [0.05, 0.1) is 7.11 Å². The van der Waals surface area contributed by atoms with Gasteiger partial charge in [0.25, 0.3) is 0 Å². The van der Waals surface area contributed by atoms with Gasteiger partial charge in [0.15, 0.2) is 6.10 Å². The van der Waals surface area contributed by atoms with Crippen molar-refractivity contribution in [2.45, 2.75) is 18.1 Å². The minimum atomic E-state index is -1.05. The van der Waals surface area contributed by atoms with Gasteiger partial charge in [0, 0.05) is 12.0 Å². The summed E-state index contributed by atoms with van der Waals surface area (Å²) in [5.41, 5.74) is 0.789. The Bertz CT molecular complexity index is 697. The van der Waals surface area contributed by atoms with E-state index in [0.29, 0.717) is 6.42 Å². The van der Waals surface area contributed by atoms with Crippen molar-refractivity contribution in [3.8, 4) is 17.2 Å². The molecule has 2 aromatic rings. The molecule has 4 heteroatoms. The number of methoxy groups -OCH3 is 1. The van der Waals surface area contributed by atoms with Crippen LogP contribution in [0.3, 0.4) is 0 Å². The molecule has 21 heavy (non-hydrogen) atoms. The lowest BCUT2D eigenvalue weighted by atomic mass is 9.81. The molecule has 0 fully saturated rings. The zero-order chi connectivity index (χ0) is 14.4. The van der Waals surface area contributed by atoms with Crippen LogP contribution in [0.25, 0.3) is 0 Å². The molecule has 0 radical (unpaired) electrons. The van der Waals surface area contributed by atoms with Crippen LogP contribution in [0.1, 0.15) is 17.2 Å². The van der Waals surface area contributed by atoms with Gasteiger partial charge in [0.1, 0.15) is 29.5 Å². The molecule has 4 nitrogen and oxygen atoms in total. The maximum atomic E-state index is 11.0. The number of hydrogen-bond donors (Lipinski definition) is 1. The molecule has 4 rings (SSSR count). The molecule has 2 heterocycles. The summed E-state index contributed by atoms with van der Waals surface area (Å²) in [5.74, 6) is 2.29. The number of ether oxygens (including phenoxy) is 3. The quantitative estimate of drug-likeness (QED) is 0.874. The number of benzene rings is 2. The van der Waals surface area contributed by atoms with Crippen LogP contribution >= 0.6 is 0 Å². The number of rotatable bonds is 1. The molecule has 0 aromatic heterocycles. The van der Waals surface area contributed by atoms with Crippen LogP contribution < -0.4 is 14.2 Å². The van der Waals surface area contributed by atoms with Crippen molar-refractivity contribution in [3.05, 3.63) is 53.6 Å². The Morgan fingerprint density at radius 3 is 2.90 bits per heavy atom. The molecule has 0 saturated heterocycles. The van der Waals surface area contributed by atoms with Crippen molar-refractivity contribution in [2.75, 3.05) is 13.7 Å². The van der Waals surface area contributed by atoms with Gasteiger partial charge < -0.3 is 19.3 Å². The summed E-state index contributed by atoms with van der Waals surface area (Å²) >= 11 is 0. The molecule has 0 aliphatic carbocycles. The van der Waals surface area contributed by atoms with E-state index in [2.05, 4.69) is 0 Å². The third-order valence-corrected chi connectivity index (χ3v) is 4.18. The topological polar surface area (TPSA) is 47.9 Å². The second-order valence-electron chi connectivity index (χ2n) is 5.58. The van der Waals surface area contributed by atoms with E-state index in [-0.39, 0.29) is 6.61 Å². The third-order valence-electron chi connectivity index (χ3n) is 4.18. The van der Waals surface area contributed by atoms with Gasteiger partial charge in [0.2, 0.25) is 0 Å². The second-order valence-corrected chi connectivity index (χ2v) is 5.58. The molecular formula is C17H16O4. The van der Waals surface area contributed by atoms with Crippen molar-refractivity contribution < 1.29 is 19.3 Å². The van der Waals surface area contributed by atoms with Crippen molar-refractivity contribution in [1.29, 1.82) is 0 Å². The minimum absolute atomic E-state index is 0.228. The average molecular weight is 284 g/mol. The van der Waals surface area contributed by atoms with E-state index >= 15 is 0 Å². The van der Waals surface area contributed by atoms with Gasteiger partial charge >= 0.3 is 0 Å². The molecule has 0 saturated carbocycles. The summed E-state index contributed by atoms with van der Waals surface area (Å²) < 4.78 is 17.1. The first kappa shape index (κ1) is 12.5. The Morgan fingerprint density at radius 2 is 2.05 bits per heavy atom. The first-order valence-electron chi connectivity index (χ1n) is 6.97. The van der Waals surface area contributed by atoms with E-state index in [1.54, 1.807) is 7.11 Å². The minimum Gasteiger partial charge on any atom is -0.497 e. The summed E-state index contributed by atoms with van der Waals surface area (Å²) in [6.45, 7) is 0.228. The van der Waals surface area contributed by atoms with Gasteiger partial charge in [-0.05, 0) is 29.8 Å². The third kappa shape index (κ3) is 1.87. The molecule has 2 aliphatic rings. The highest BCUT2D eigenvalue weighted by Gasteiger charge is 2.48. The first-order chi connectivity index (χ1) is 10.2. The monoisotopic (exact) mass is 284 g/mol. The molecule has 0 amide bonds. The maximum absolute atomic E-state index is 11.0. The highest BCUT2D eigenvalue weighted by molar-refractivity contribution is 5.48. The van der Waals surface area contributed by atoms with Gasteiger partial charge in [-0.25, -0.2) is 0 Å². The highest BCUT2D eigenvalue weighted by Crippen LogP contribution is 2.47. The van der Waals surface area contributed by atoms with E-state index in [1.807, 2.05) is 42.5 Å². The molecule has 2 aromatic carbocycles. The highest BCUT2D eigenvalue weighted by atomic mass is 16.5. The second kappa shape index (κ2) is 4.40. The first-order valence-corrected chi connectivity index (χ1v) is 6.97. The molecule has 2 atom stereocenters. The van der Waals surface area contributed by atoms with E-state index in [0.717, 1.165) is 28.4 Å². The Balaban J connectivity index is 1.83. The zero-order valence-electron chi connectivity index (χ0n) is 11.7. The van der Waals surface area contributed by atoms with Gasteiger partial charge in [-0.15, -0.1) is 0 Å². The van der Waals surface area contributed by atoms with E-state index in [1.165, 1.54) is 0 Å². The smallest absolute Gasteiger partial charge is 0.160 e. The molecule has 2 aliphatic heterocycles. The summed E-state index contributed by atoms with van der Waals surface area (Å²) in [7, 11) is 1.62. The molecule has 0 spiro atoms. The van der Waals surface area contributed by atoms with Crippen LogP contribution in [0.5, 0.6) is 17.2 Å². The molecule has 1 N–H and O–H groups in total. The van der Waals surface area contributed by atoms with Crippen LogP contribution in [-0.4, -0.2) is 24.4 Å². The normalized spacial score (nSPS) is 25.7. The van der Waals surface area contributed by atoms with Crippen molar-refractivity contribution in [3.63, 3.8) is 0 Å². The predicted molar refractivity (Wildman–Crippen MR) is 77.0 cm³/mol. The maximum Gasteiger partial charge on any atom is 0.160 e. The summed E-state index contributed by atoms with van der Waals surface area (Å²) in [6.07, 6.45) is 0.0797. The number of aliphatic hydroxyl groups is 1.